The van der Waals surface area contributed by atoms with E-state index in [1.54, 1.807) is 0 Å². The average molecular weight is 627 g/mol. The third kappa shape index (κ3) is 5.30. The van der Waals surface area contributed by atoms with Gasteiger partial charge in [0.15, 0.2) is 5.72 Å². The minimum absolute atomic E-state index is 0.00429. The van der Waals surface area contributed by atoms with Gasteiger partial charge in [-0.3, -0.25) is 4.90 Å². The van der Waals surface area contributed by atoms with Crippen molar-refractivity contribution in [1.82, 2.24) is 10.2 Å². The summed E-state index contributed by atoms with van der Waals surface area (Å²) in [4.78, 5) is 14.2. The van der Waals surface area contributed by atoms with Gasteiger partial charge in [-0.15, -0.1) is 0 Å². The summed E-state index contributed by atoms with van der Waals surface area (Å²) in [5, 5.41) is 3.15. The van der Waals surface area contributed by atoms with Crippen LogP contribution in [-0.2, 0) is 33.7 Å². The van der Waals surface area contributed by atoms with E-state index in [1.807, 2.05) is 0 Å². The van der Waals surface area contributed by atoms with Crippen LogP contribution in [0.4, 0.5) is 44.3 Å². The first-order chi connectivity index (χ1) is 19.4. The highest BCUT2D eigenvalue weighted by molar-refractivity contribution is 6.31. The van der Waals surface area contributed by atoms with Crippen LogP contribution in [-0.4, -0.2) is 24.1 Å². The standard InChI is InChI=1S/C27H20ClF9N2O3/c1-41-24(7-6-17(28)12-38-24)19-3-2-14(25(29,30)31)11-18(19)20-4-5-21-22(42-23(40)39(20)21)13-8-15(26(32,33)34)10-16(9-13)27(35,36)37/h2-3,6-12,20-22,38H,4-5H2,1H3/t20-,21-,22+,24?/m0/s1. The number of methoxy groups -OCH3 is 1. The molecule has 0 saturated carbocycles. The number of allylic oxidation sites excluding steroid dienone is 2. The lowest BCUT2D eigenvalue weighted by molar-refractivity contribution is -0.143. The lowest BCUT2D eigenvalue weighted by Gasteiger charge is -2.36. The van der Waals surface area contributed by atoms with Gasteiger partial charge in [0.05, 0.1) is 33.8 Å². The van der Waals surface area contributed by atoms with Crippen molar-refractivity contribution in [2.24, 2.45) is 0 Å². The number of rotatable bonds is 4. The number of amides is 1. The molecular weight excluding hydrogens is 607 g/mol. The van der Waals surface area contributed by atoms with E-state index in [9.17, 15) is 44.3 Å². The molecule has 42 heavy (non-hydrogen) atoms. The van der Waals surface area contributed by atoms with Crippen molar-refractivity contribution in [2.45, 2.75) is 55.3 Å². The van der Waals surface area contributed by atoms with Gasteiger partial charge in [-0.05, 0) is 66.5 Å². The van der Waals surface area contributed by atoms with E-state index in [2.05, 4.69) is 5.32 Å². The molecule has 226 valence electrons. The van der Waals surface area contributed by atoms with Crippen molar-refractivity contribution in [1.29, 1.82) is 0 Å². The highest BCUT2D eigenvalue weighted by atomic mass is 35.5. The summed E-state index contributed by atoms with van der Waals surface area (Å²) in [5.74, 6) is 0. The maximum absolute atomic E-state index is 13.8. The zero-order chi connectivity index (χ0) is 30.8. The quantitative estimate of drug-likeness (QED) is 0.348. The summed E-state index contributed by atoms with van der Waals surface area (Å²) in [6, 6.07) is 1.61. The Balaban J connectivity index is 1.59. The molecule has 0 spiro atoms. The smallest absolute Gasteiger partial charge is 0.416 e. The molecule has 2 fully saturated rings. The van der Waals surface area contributed by atoms with E-state index >= 15 is 0 Å². The summed E-state index contributed by atoms with van der Waals surface area (Å²) in [6.07, 6.45) is -13.3. The normalized spacial score (nSPS) is 26.2. The summed E-state index contributed by atoms with van der Waals surface area (Å²) in [7, 11) is 1.29. The summed E-state index contributed by atoms with van der Waals surface area (Å²) >= 11 is 5.98. The molecule has 0 bridgehead atoms. The van der Waals surface area contributed by atoms with Crippen molar-refractivity contribution >= 4 is 17.7 Å². The number of ether oxygens (including phenoxy) is 2. The van der Waals surface area contributed by atoms with Gasteiger partial charge in [-0.2, -0.15) is 39.5 Å². The molecule has 0 aliphatic carbocycles. The highest BCUT2D eigenvalue weighted by Gasteiger charge is 2.52. The Hall–Kier alpha value is -3.39. The van der Waals surface area contributed by atoms with E-state index in [1.165, 1.54) is 31.5 Å². The van der Waals surface area contributed by atoms with Crippen LogP contribution in [0.25, 0.3) is 0 Å². The molecule has 1 N–H and O–H groups in total. The van der Waals surface area contributed by atoms with Crippen molar-refractivity contribution in [3.63, 3.8) is 0 Å². The summed E-state index contributed by atoms with van der Waals surface area (Å²) in [5.41, 5.74) is -6.08. The number of carbonyl (C=O) groups is 1. The Kier molecular flexibility index (Phi) is 7.24. The minimum atomic E-state index is -5.13. The van der Waals surface area contributed by atoms with Crippen LogP contribution in [0.1, 0.15) is 58.4 Å². The Morgan fingerprint density at radius 1 is 0.929 bits per heavy atom. The van der Waals surface area contributed by atoms with Crippen LogP contribution in [0.2, 0.25) is 0 Å². The zero-order valence-electron chi connectivity index (χ0n) is 21.3. The van der Waals surface area contributed by atoms with E-state index in [-0.39, 0.29) is 35.1 Å². The number of cyclic esters (lactones) is 1. The molecule has 5 rings (SSSR count). The number of benzene rings is 2. The van der Waals surface area contributed by atoms with Crippen LogP contribution in [0.3, 0.4) is 0 Å². The number of hydrogen-bond donors (Lipinski definition) is 1. The number of carbonyl (C=O) groups excluding carboxylic acids is 1. The maximum Gasteiger partial charge on any atom is 0.416 e. The topological polar surface area (TPSA) is 50.8 Å². The van der Waals surface area contributed by atoms with Gasteiger partial charge in [-0.25, -0.2) is 4.79 Å². The van der Waals surface area contributed by atoms with Gasteiger partial charge in [0, 0.05) is 18.9 Å². The van der Waals surface area contributed by atoms with Gasteiger partial charge in [0.2, 0.25) is 0 Å². The highest BCUT2D eigenvalue weighted by Crippen LogP contribution is 2.51. The minimum Gasteiger partial charge on any atom is -0.439 e. The molecule has 3 aliphatic heterocycles. The van der Waals surface area contributed by atoms with Crippen LogP contribution < -0.4 is 5.32 Å². The second-order valence-electron chi connectivity index (χ2n) is 9.96. The van der Waals surface area contributed by atoms with Crippen molar-refractivity contribution < 1.29 is 53.8 Å². The van der Waals surface area contributed by atoms with E-state index in [0.29, 0.717) is 12.1 Å². The molecule has 1 unspecified atom stereocenters. The van der Waals surface area contributed by atoms with Crippen LogP contribution in [0.5, 0.6) is 0 Å². The van der Waals surface area contributed by atoms with E-state index in [4.69, 9.17) is 21.1 Å². The van der Waals surface area contributed by atoms with Crippen molar-refractivity contribution in [2.75, 3.05) is 7.11 Å². The SMILES string of the molecule is COC1(c2ccc(C(F)(F)F)cc2[C@@H]2CC[C@H]3[C@@H](c4cc(C(F)(F)F)cc(C(F)(F)F)c4)OC(=O)N23)C=CC(Cl)=CN1. The fourth-order valence-electron chi connectivity index (χ4n) is 5.61. The molecule has 15 heteroatoms. The molecule has 3 aliphatic rings. The first-order valence-electron chi connectivity index (χ1n) is 12.3. The third-order valence-corrected chi connectivity index (χ3v) is 7.75. The first-order valence-corrected chi connectivity index (χ1v) is 12.7. The molecule has 5 nitrogen and oxygen atoms in total. The second-order valence-corrected chi connectivity index (χ2v) is 10.4. The maximum atomic E-state index is 13.8. The number of nitrogens with one attached hydrogen (secondary N) is 1. The van der Waals surface area contributed by atoms with Gasteiger partial charge < -0.3 is 14.8 Å². The first kappa shape index (κ1) is 30.1. The molecule has 2 aromatic rings. The van der Waals surface area contributed by atoms with Crippen LogP contribution in [0.15, 0.2) is 59.8 Å². The number of hydrogen-bond acceptors (Lipinski definition) is 4. The van der Waals surface area contributed by atoms with Crippen molar-refractivity contribution in [3.8, 4) is 0 Å². The fraction of sp³-hybridized carbons (Fsp3) is 0.370. The molecule has 0 aromatic heterocycles. The number of nitrogens with zero attached hydrogens (tertiary/aromatic N) is 1. The van der Waals surface area contributed by atoms with Gasteiger partial charge >= 0.3 is 24.6 Å². The molecule has 0 radical (unpaired) electrons. The average Bonchev–Trinajstić information content (AvgIpc) is 3.48. The fourth-order valence-corrected chi connectivity index (χ4v) is 5.73. The lowest BCUT2D eigenvalue weighted by atomic mass is 9.88. The number of fused-ring (bicyclic) bond motifs is 1. The summed E-state index contributed by atoms with van der Waals surface area (Å²) < 4.78 is 133. The number of dihydropyridines is 1. The van der Waals surface area contributed by atoms with E-state index < -0.39 is 70.8 Å². The summed E-state index contributed by atoms with van der Waals surface area (Å²) in [6.45, 7) is 0. The van der Waals surface area contributed by atoms with Gasteiger partial charge in [0.25, 0.3) is 0 Å². The zero-order valence-corrected chi connectivity index (χ0v) is 22.0. The van der Waals surface area contributed by atoms with E-state index in [0.717, 1.165) is 17.0 Å². The largest absolute Gasteiger partial charge is 0.439 e. The molecule has 2 saturated heterocycles. The Morgan fingerprint density at radius 2 is 1.55 bits per heavy atom. The monoisotopic (exact) mass is 626 g/mol. The number of halogens is 10. The van der Waals surface area contributed by atoms with Gasteiger partial charge in [0.1, 0.15) is 6.10 Å². The lowest BCUT2D eigenvalue weighted by Crippen LogP contribution is -2.42. The Morgan fingerprint density at radius 3 is 2.07 bits per heavy atom. The van der Waals surface area contributed by atoms with Crippen molar-refractivity contribution in [3.05, 3.63) is 93.2 Å². The third-order valence-electron chi connectivity index (χ3n) is 7.52. The molecule has 3 heterocycles. The van der Waals surface area contributed by atoms with Gasteiger partial charge in [-0.1, -0.05) is 17.7 Å². The molecule has 4 atom stereocenters. The Bertz CT molecular complexity index is 1440. The number of alkyl halides is 9. The Labute approximate surface area is 237 Å². The van der Waals surface area contributed by atoms with Crippen LogP contribution >= 0.6 is 11.6 Å². The predicted octanol–water partition coefficient (Wildman–Crippen LogP) is 8.18. The predicted molar refractivity (Wildman–Crippen MR) is 130 cm³/mol. The molecule has 1 amide bonds. The van der Waals surface area contributed by atoms with Crippen LogP contribution in [0, 0.1) is 0 Å². The molecule has 2 aromatic carbocycles. The second kappa shape index (κ2) is 10.1. The molecular formula is C27H20ClF9N2O3.